The molecule has 0 spiro atoms. The van der Waals surface area contributed by atoms with Crippen LogP contribution in [0, 0.1) is 0 Å². The number of carbonyl (C=O) groups excluding carboxylic acids is 1. The van der Waals surface area contributed by atoms with E-state index in [0.29, 0.717) is 5.15 Å². The van der Waals surface area contributed by atoms with Crippen LogP contribution < -0.4 is 5.32 Å². The van der Waals surface area contributed by atoms with Gasteiger partial charge < -0.3 is 0 Å². The number of aromatic nitrogens is 2. The van der Waals surface area contributed by atoms with E-state index in [1.54, 1.807) is 6.07 Å². The van der Waals surface area contributed by atoms with Gasteiger partial charge in [0.25, 0.3) is 0 Å². The standard InChI is InChI=1S/C12H9BrClN3O/c13-9-3-1-2-8(6-9)7-11(18)17-12-15-5-4-10(14)16-12/h1-6H,7H2,(H,15,16,17,18). The maximum atomic E-state index is 11.8. The number of halogens is 2. The molecule has 0 saturated carbocycles. The first-order chi connectivity index (χ1) is 8.63. The van der Waals surface area contributed by atoms with Crippen molar-refractivity contribution in [2.45, 2.75) is 6.42 Å². The Hall–Kier alpha value is -1.46. The Bertz CT molecular complexity index is 527. The molecule has 1 N–H and O–H groups in total. The van der Waals surface area contributed by atoms with Gasteiger partial charge in [-0.15, -0.1) is 0 Å². The van der Waals surface area contributed by atoms with Crippen molar-refractivity contribution in [3.63, 3.8) is 0 Å². The van der Waals surface area contributed by atoms with Gasteiger partial charge in [0.05, 0.1) is 6.42 Å². The summed E-state index contributed by atoms with van der Waals surface area (Å²) < 4.78 is 0.937. The second-order valence-electron chi connectivity index (χ2n) is 3.56. The Kier molecular flexibility index (Phi) is 4.28. The number of nitrogens with zero attached hydrogens (tertiary/aromatic N) is 2. The summed E-state index contributed by atoms with van der Waals surface area (Å²) >= 11 is 9.06. The molecule has 0 saturated heterocycles. The van der Waals surface area contributed by atoms with Gasteiger partial charge in [-0.1, -0.05) is 39.7 Å². The van der Waals surface area contributed by atoms with Crippen molar-refractivity contribution in [3.05, 3.63) is 51.7 Å². The van der Waals surface area contributed by atoms with Gasteiger partial charge in [0, 0.05) is 10.7 Å². The highest BCUT2D eigenvalue weighted by Gasteiger charge is 2.06. The summed E-state index contributed by atoms with van der Waals surface area (Å²) in [5, 5.41) is 2.88. The van der Waals surface area contributed by atoms with Gasteiger partial charge in [-0.25, -0.2) is 9.97 Å². The molecule has 4 nitrogen and oxygen atoms in total. The van der Waals surface area contributed by atoms with Crippen LogP contribution in [0.25, 0.3) is 0 Å². The molecule has 2 aromatic rings. The zero-order valence-electron chi connectivity index (χ0n) is 9.23. The van der Waals surface area contributed by atoms with Crippen molar-refractivity contribution in [2.75, 3.05) is 5.32 Å². The minimum Gasteiger partial charge on any atom is -0.294 e. The normalized spacial score (nSPS) is 10.1. The lowest BCUT2D eigenvalue weighted by atomic mass is 10.1. The lowest BCUT2D eigenvalue weighted by Crippen LogP contribution is -2.16. The van der Waals surface area contributed by atoms with Crippen molar-refractivity contribution in [1.82, 2.24) is 9.97 Å². The third kappa shape index (κ3) is 3.78. The third-order valence-corrected chi connectivity index (χ3v) is 2.83. The van der Waals surface area contributed by atoms with Crippen LogP contribution in [0.2, 0.25) is 5.15 Å². The van der Waals surface area contributed by atoms with E-state index in [1.807, 2.05) is 24.3 Å². The van der Waals surface area contributed by atoms with Crippen LogP contribution in [0.15, 0.2) is 41.0 Å². The summed E-state index contributed by atoms with van der Waals surface area (Å²) in [6, 6.07) is 9.09. The van der Waals surface area contributed by atoms with Gasteiger partial charge in [0.15, 0.2) is 0 Å². The first-order valence-electron chi connectivity index (χ1n) is 5.16. The van der Waals surface area contributed by atoms with E-state index < -0.39 is 0 Å². The molecule has 0 aliphatic rings. The molecule has 2 rings (SSSR count). The summed E-state index contributed by atoms with van der Waals surface area (Å²) in [6.45, 7) is 0. The molecule has 1 aromatic carbocycles. The fourth-order valence-electron chi connectivity index (χ4n) is 1.40. The molecule has 0 aliphatic heterocycles. The minimum absolute atomic E-state index is 0.185. The topological polar surface area (TPSA) is 54.9 Å². The predicted octanol–water partition coefficient (Wildman–Crippen LogP) is 3.07. The highest BCUT2D eigenvalue weighted by atomic mass is 79.9. The Balaban J connectivity index is 2.01. The van der Waals surface area contributed by atoms with Gasteiger partial charge in [-0.05, 0) is 23.8 Å². The molecule has 0 radical (unpaired) electrons. The lowest BCUT2D eigenvalue weighted by Gasteiger charge is -2.04. The molecule has 6 heteroatoms. The number of carbonyl (C=O) groups is 1. The second kappa shape index (κ2) is 5.93. The van der Waals surface area contributed by atoms with Gasteiger partial charge in [-0.2, -0.15) is 0 Å². The van der Waals surface area contributed by atoms with Crippen molar-refractivity contribution >= 4 is 39.4 Å². The van der Waals surface area contributed by atoms with Crippen LogP contribution in [0.5, 0.6) is 0 Å². The summed E-state index contributed by atoms with van der Waals surface area (Å²) in [7, 11) is 0. The maximum Gasteiger partial charge on any atom is 0.231 e. The minimum atomic E-state index is -0.185. The Labute approximate surface area is 118 Å². The fourth-order valence-corrected chi connectivity index (χ4v) is 1.98. The average molecular weight is 327 g/mol. The van der Waals surface area contributed by atoms with Crippen LogP contribution in [0.3, 0.4) is 0 Å². The lowest BCUT2D eigenvalue weighted by molar-refractivity contribution is -0.115. The SMILES string of the molecule is O=C(Cc1cccc(Br)c1)Nc1nccc(Cl)n1. The number of hydrogen-bond donors (Lipinski definition) is 1. The van der Waals surface area contributed by atoms with Crippen LogP contribution in [0.4, 0.5) is 5.95 Å². The summed E-state index contributed by atoms with van der Waals surface area (Å²) in [5.41, 5.74) is 0.906. The number of amides is 1. The van der Waals surface area contributed by atoms with E-state index in [9.17, 15) is 4.79 Å². The summed E-state index contributed by atoms with van der Waals surface area (Å²) in [6.07, 6.45) is 1.75. The molecule has 92 valence electrons. The van der Waals surface area contributed by atoms with Gasteiger partial charge in [0.2, 0.25) is 11.9 Å². The number of nitrogens with one attached hydrogen (secondary N) is 1. The summed E-state index contributed by atoms with van der Waals surface area (Å²) in [4.78, 5) is 19.5. The molecule has 1 amide bonds. The van der Waals surface area contributed by atoms with Crippen LogP contribution in [-0.2, 0) is 11.2 Å². The molecule has 0 atom stereocenters. The van der Waals surface area contributed by atoms with Crippen LogP contribution >= 0.6 is 27.5 Å². The van der Waals surface area contributed by atoms with Crippen LogP contribution in [0.1, 0.15) is 5.56 Å². The molecule has 0 bridgehead atoms. The Morgan fingerprint density at radius 1 is 1.39 bits per heavy atom. The first kappa shape index (κ1) is 13.0. The smallest absolute Gasteiger partial charge is 0.231 e. The molecule has 0 unspecified atom stereocenters. The van der Waals surface area contributed by atoms with Crippen molar-refractivity contribution in [3.8, 4) is 0 Å². The highest BCUT2D eigenvalue weighted by molar-refractivity contribution is 9.10. The number of rotatable bonds is 3. The predicted molar refractivity (Wildman–Crippen MR) is 73.5 cm³/mol. The second-order valence-corrected chi connectivity index (χ2v) is 4.86. The van der Waals surface area contributed by atoms with E-state index in [1.165, 1.54) is 6.20 Å². The van der Waals surface area contributed by atoms with E-state index in [0.717, 1.165) is 10.0 Å². The molecule has 18 heavy (non-hydrogen) atoms. The third-order valence-electron chi connectivity index (χ3n) is 2.13. The van der Waals surface area contributed by atoms with E-state index in [4.69, 9.17) is 11.6 Å². The van der Waals surface area contributed by atoms with E-state index in [2.05, 4.69) is 31.2 Å². The first-order valence-corrected chi connectivity index (χ1v) is 6.33. The van der Waals surface area contributed by atoms with Gasteiger partial charge in [0.1, 0.15) is 5.15 Å². The molecular weight excluding hydrogens is 318 g/mol. The molecule has 1 heterocycles. The van der Waals surface area contributed by atoms with Crippen LogP contribution in [-0.4, -0.2) is 15.9 Å². The van der Waals surface area contributed by atoms with Crippen molar-refractivity contribution < 1.29 is 4.79 Å². The number of hydrogen-bond acceptors (Lipinski definition) is 3. The van der Waals surface area contributed by atoms with Gasteiger partial charge in [-0.3, -0.25) is 10.1 Å². The fraction of sp³-hybridized carbons (Fsp3) is 0.0833. The maximum absolute atomic E-state index is 11.8. The van der Waals surface area contributed by atoms with Gasteiger partial charge >= 0.3 is 0 Å². The Morgan fingerprint density at radius 2 is 2.22 bits per heavy atom. The van der Waals surface area contributed by atoms with Crippen molar-refractivity contribution in [2.24, 2.45) is 0 Å². The molecule has 1 aromatic heterocycles. The zero-order valence-corrected chi connectivity index (χ0v) is 11.6. The largest absolute Gasteiger partial charge is 0.294 e. The molecule has 0 fully saturated rings. The highest BCUT2D eigenvalue weighted by Crippen LogP contribution is 2.12. The van der Waals surface area contributed by atoms with E-state index in [-0.39, 0.29) is 18.3 Å². The average Bonchev–Trinajstić information content (AvgIpc) is 2.28. The number of anilines is 1. The Morgan fingerprint density at radius 3 is 2.94 bits per heavy atom. The summed E-state index contributed by atoms with van der Waals surface area (Å²) in [5.74, 6) is 0.0258. The number of benzene rings is 1. The van der Waals surface area contributed by atoms with Crippen molar-refractivity contribution in [1.29, 1.82) is 0 Å². The monoisotopic (exact) mass is 325 g/mol. The molecular formula is C12H9BrClN3O. The van der Waals surface area contributed by atoms with E-state index >= 15 is 0 Å². The zero-order chi connectivity index (χ0) is 13.0. The molecule has 0 aliphatic carbocycles. The quantitative estimate of drug-likeness (QED) is 0.882.